The first-order valence-electron chi connectivity index (χ1n) is 3.50. The molecule has 0 bridgehead atoms. The topological polar surface area (TPSA) is 26.0 Å². The van der Waals surface area contributed by atoms with Crippen molar-refractivity contribution in [3.8, 4) is 0 Å². The van der Waals surface area contributed by atoms with Gasteiger partial charge >= 0.3 is 73.1 Å². The summed E-state index contributed by atoms with van der Waals surface area (Å²) in [6.45, 7) is 0.647. The summed E-state index contributed by atoms with van der Waals surface area (Å²) in [5, 5.41) is 0. The zero-order chi connectivity index (χ0) is 7.94. The molecule has 0 aliphatic rings. The van der Waals surface area contributed by atoms with Crippen LogP contribution in [0.15, 0.2) is 41.4 Å². The Hall–Kier alpha value is -0.561. The fraction of sp³-hybridized carbons (Fsp3) is 0.111. The second kappa shape index (κ2) is 5.14. The van der Waals surface area contributed by atoms with Crippen LogP contribution < -0.4 is 10.2 Å². The molecule has 1 aromatic rings. The van der Waals surface area contributed by atoms with Crippen molar-refractivity contribution in [3.05, 3.63) is 41.4 Å². The Kier molecular flexibility index (Phi) is 3.99. The average molecular weight is 212 g/mol. The number of hydrogen-bond donors (Lipinski definition) is 1. The molecular formula is C9H11NSe. The van der Waals surface area contributed by atoms with E-state index in [0.29, 0.717) is 21.5 Å². The molecule has 58 valence electrons. The summed E-state index contributed by atoms with van der Waals surface area (Å²) in [6, 6.07) is 10.4. The minimum absolute atomic E-state index is 0.459. The van der Waals surface area contributed by atoms with Gasteiger partial charge in [0.25, 0.3) is 0 Å². The van der Waals surface area contributed by atoms with E-state index < -0.39 is 0 Å². The van der Waals surface area contributed by atoms with Crippen LogP contribution in [-0.4, -0.2) is 21.5 Å². The molecule has 2 heteroatoms. The number of benzene rings is 1. The van der Waals surface area contributed by atoms with E-state index in [1.807, 2.05) is 12.1 Å². The van der Waals surface area contributed by atoms with Gasteiger partial charge in [-0.25, -0.2) is 0 Å². The number of hydrogen-bond acceptors (Lipinski definition) is 1. The van der Waals surface area contributed by atoms with Gasteiger partial charge in [-0.3, -0.25) is 0 Å². The van der Waals surface area contributed by atoms with Gasteiger partial charge in [0.15, 0.2) is 0 Å². The van der Waals surface area contributed by atoms with Crippen LogP contribution in [0.4, 0.5) is 0 Å². The Morgan fingerprint density at radius 1 is 1.27 bits per heavy atom. The molecule has 0 atom stereocenters. The van der Waals surface area contributed by atoms with Crippen LogP contribution in [0.1, 0.15) is 0 Å². The summed E-state index contributed by atoms with van der Waals surface area (Å²) in [7, 11) is 0. The van der Waals surface area contributed by atoms with Crippen LogP contribution in [0.5, 0.6) is 0 Å². The van der Waals surface area contributed by atoms with Gasteiger partial charge in [0.1, 0.15) is 0 Å². The van der Waals surface area contributed by atoms with Gasteiger partial charge in [0.2, 0.25) is 0 Å². The summed E-state index contributed by atoms with van der Waals surface area (Å²) < 4.78 is 1.39. The summed E-state index contributed by atoms with van der Waals surface area (Å²) in [6.07, 6.45) is 2.01. The Labute approximate surface area is 73.5 Å². The molecule has 2 N–H and O–H groups in total. The molecule has 0 unspecified atom stereocenters. The molecule has 0 amide bonds. The summed E-state index contributed by atoms with van der Waals surface area (Å²) in [4.78, 5) is 2.16. The van der Waals surface area contributed by atoms with Gasteiger partial charge in [-0.05, 0) is 0 Å². The average Bonchev–Trinajstić information content (AvgIpc) is 2.07. The van der Waals surface area contributed by atoms with Crippen molar-refractivity contribution in [1.29, 1.82) is 0 Å². The van der Waals surface area contributed by atoms with Crippen molar-refractivity contribution in [2.45, 2.75) is 0 Å². The summed E-state index contributed by atoms with van der Waals surface area (Å²) in [5.74, 6) is 0. The van der Waals surface area contributed by atoms with Crippen LogP contribution >= 0.6 is 0 Å². The molecule has 0 aliphatic heterocycles. The van der Waals surface area contributed by atoms with Gasteiger partial charge in [0, 0.05) is 0 Å². The van der Waals surface area contributed by atoms with E-state index in [2.05, 4.69) is 29.2 Å². The Morgan fingerprint density at radius 2 is 2.00 bits per heavy atom. The van der Waals surface area contributed by atoms with Crippen LogP contribution in [0.25, 0.3) is 0 Å². The number of rotatable bonds is 3. The first-order chi connectivity index (χ1) is 5.43. The number of nitrogens with two attached hydrogens (primary N) is 1. The van der Waals surface area contributed by atoms with Crippen LogP contribution in [0.2, 0.25) is 0 Å². The van der Waals surface area contributed by atoms with Crippen molar-refractivity contribution in [1.82, 2.24) is 0 Å². The maximum absolute atomic E-state index is 5.32. The molecule has 0 fully saturated rings. The van der Waals surface area contributed by atoms with Crippen LogP contribution in [0, 0.1) is 0 Å². The van der Waals surface area contributed by atoms with Gasteiger partial charge in [0.05, 0.1) is 0 Å². The Bertz CT molecular complexity index is 218. The first kappa shape index (κ1) is 8.54. The molecule has 0 radical (unpaired) electrons. The zero-order valence-electron chi connectivity index (χ0n) is 6.23. The van der Waals surface area contributed by atoms with E-state index >= 15 is 0 Å². The van der Waals surface area contributed by atoms with E-state index in [1.165, 1.54) is 4.46 Å². The summed E-state index contributed by atoms with van der Waals surface area (Å²) >= 11 is 0.459. The fourth-order valence-electron chi connectivity index (χ4n) is 0.681. The molecule has 0 heterocycles. The molecule has 1 rings (SSSR count). The van der Waals surface area contributed by atoms with Crippen LogP contribution in [-0.2, 0) is 0 Å². The Balaban J connectivity index is 2.45. The predicted molar refractivity (Wildman–Crippen MR) is 50.0 cm³/mol. The molecule has 1 nitrogen and oxygen atoms in total. The minimum atomic E-state index is 0.459. The zero-order valence-corrected chi connectivity index (χ0v) is 7.95. The van der Waals surface area contributed by atoms with E-state index in [1.54, 1.807) is 0 Å². The van der Waals surface area contributed by atoms with Crippen molar-refractivity contribution < 1.29 is 0 Å². The van der Waals surface area contributed by atoms with E-state index in [9.17, 15) is 0 Å². The molecule has 1 aromatic carbocycles. The van der Waals surface area contributed by atoms with Crippen molar-refractivity contribution in [2.75, 3.05) is 6.54 Å². The third-order valence-electron chi connectivity index (χ3n) is 1.18. The summed E-state index contributed by atoms with van der Waals surface area (Å²) in [5.41, 5.74) is 5.32. The van der Waals surface area contributed by atoms with E-state index in [-0.39, 0.29) is 0 Å². The predicted octanol–water partition coefficient (Wildman–Crippen LogP) is 0.488. The monoisotopic (exact) mass is 213 g/mol. The van der Waals surface area contributed by atoms with Gasteiger partial charge < -0.3 is 0 Å². The third kappa shape index (κ3) is 3.38. The Morgan fingerprint density at radius 3 is 2.64 bits per heavy atom. The normalized spacial score (nSPS) is 10.6. The molecular weight excluding hydrogens is 201 g/mol. The molecule has 0 saturated carbocycles. The van der Waals surface area contributed by atoms with Crippen molar-refractivity contribution >= 4 is 19.4 Å². The third-order valence-corrected chi connectivity index (χ3v) is 3.01. The molecule has 11 heavy (non-hydrogen) atoms. The second-order valence-corrected chi connectivity index (χ2v) is 4.09. The van der Waals surface area contributed by atoms with Crippen molar-refractivity contribution in [3.63, 3.8) is 0 Å². The van der Waals surface area contributed by atoms with Crippen LogP contribution in [0.3, 0.4) is 0 Å². The maximum atomic E-state index is 5.32. The van der Waals surface area contributed by atoms with Gasteiger partial charge in [-0.15, -0.1) is 0 Å². The fourth-order valence-corrected chi connectivity index (χ4v) is 2.11. The van der Waals surface area contributed by atoms with Gasteiger partial charge in [-0.2, -0.15) is 0 Å². The first-order valence-corrected chi connectivity index (χ1v) is 5.35. The standard InChI is InChI=1S/C9H11NSe/c10-7-4-8-11-9-5-2-1-3-6-9/h1-6,8H,7,10H2/b8-4-. The van der Waals surface area contributed by atoms with Gasteiger partial charge in [-0.1, -0.05) is 0 Å². The molecule has 0 saturated heterocycles. The molecule has 0 aromatic heterocycles. The van der Waals surface area contributed by atoms with E-state index in [4.69, 9.17) is 5.73 Å². The second-order valence-electron chi connectivity index (χ2n) is 2.04. The molecule has 0 spiro atoms. The van der Waals surface area contributed by atoms with E-state index in [0.717, 1.165) is 0 Å². The van der Waals surface area contributed by atoms with Crippen molar-refractivity contribution in [2.24, 2.45) is 5.73 Å². The quantitative estimate of drug-likeness (QED) is 0.725. The molecule has 0 aliphatic carbocycles. The SMILES string of the molecule is NC/C=C\[Se]c1ccccc1.